The van der Waals surface area contributed by atoms with Crippen LogP contribution in [-0.2, 0) is 4.74 Å². The van der Waals surface area contributed by atoms with Gasteiger partial charge in [0.2, 0.25) is 0 Å². The van der Waals surface area contributed by atoms with Crippen molar-refractivity contribution in [2.45, 2.75) is 26.0 Å². The molecule has 1 rings (SSSR count). The topological polar surface area (TPSA) is 38.5 Å². The maximum absolute atomic E-state index is 12.8. The number of nitrogens with two attached hydrogens (primary N) is 1. The summed E-state index contributed by atoms with van der Waals surface area (Å²) in [5.74, 6) is -0.232. The van der Waals surface area contributed by atoms with Crippen molar-refractivity contribution in [1.29, 1.82) is 0 Å². The van der Waals surface area contributed by atoms with E-state index < -0.39 is 0 Å². The normalized spacial score (nSPS) is 13.3. The van der Waals surface area contributed by atoms with E-state index in [2.05, 4.69) is 4.90 Å². The predicted octanol–water partition coefficient (Wildman–Crippen LogP) is 2.18. The predicted molar refractivity (Wildman–Crippen MR) is 71.9 cm³/mol. The number of halogens is 1. The average Bonchev–Trinajstić information content (AvgIpc) is 2.29. The molecular formula is C14H23FN2O. The third kappa shape index (κ3) is 5.58. The van der Waals surface area contributed by atoms with Crippen molar-refractivity contribution < 1.29 is 9.13 Å². The summed E-state index contributed by atoms with van der Waals surface area (Å²) in [7, 11) is 2.01. The summed E-state index contributed by atoms with van der Waals surface area (Å²) >= 11 is 0. The molecule has 1 aromatic carbocycles. The average molecular weight is 254 g/mol. The van der Waals surface area contributed by atoms with Crippen LogP contribution in [0, 0.1) is 5.82 Å². The third-order valence-corrected chi connectivity index (χ3v) is 2.73. The molecule has 1 unspecified atom stereocenters. The lowest BCUT2D eigenvalue weighted by atomic mass is 10.1. The summed E-state index contributed by atoms with van der Waals surface area (Å²) in [5.41, 5.74) is 7.02. The summed E-state index contributed by atoms with van der Waals surface area (Å²) in [4.78, 5) is 2.12. The van der Waals surface area contributed by atoms with Gasteiger partial charge in [-0.1, -0.05) is 12.1 Å². The lowest BCUT2D eigenvalue weighted by Gasteiger charge is -2.22. The molecule has 2 N–H and O–H groups in total. The van der Waals surface area contributed by atoms with Crippen LogP contribution in [0.1, 0.15) is 25.5 Å². The second kappa shape index (κ2) is 7.46. The van der Waals surface area contributed by atoms with Gasteiger partial charge in [0.1, 0.15) is 5.82 Å². The van der Waals surface area contributed by atoms with E-state index in [-0.39, 0.29) is 18.0 Å². The number of hydrogen-bond acceptors (Lipinski definition) is 3. The molecule has 0 spiro atoms. The Hall–Kier alpha value is -0.970. The molecule has 0 aliphatic rings. The molecule has 0 heterocycles. The van der Waals surface area contributed by atoms with Gasteiger partial charge in [0.15, 0.2) is 0 Å². The van der Waals surface area contributed by atoms with E-state index in [0.29, 0.717) is 6.61 Å². The molecular weight excluding hydrogens is 231 g/mol. The molecule has 0 aliphatic heterocycles. The summed E-state index contributed by atoms with van der Waals surface area (Å²) in [6.45, 7) is 6.30. The zero-order chi connectivity index (χ0) is 13.5. The Morgan fingerprint density at radius 1 is 1.28 bits per heavy atom. The summed E-state index contributed by atoms with van der Waals surface area (Å²) < 4.78 is 18.3. The summed E-state index contributed by atoms with van der Waals surface area (Å²) in [6.07, 6.45) is 0.254. The maximum Gasteiger partial charge on any atom is 0.123 e. The van der Waals surface area contributed by atoms with Crippen molar-refractivity contribution in [3.8, 4) is 0 Å². The Morgan fingerprint density at radius 3 is 2.44 bits per heavy atom. The first-order valence-electron chi connectivity index (χ1n) is 6.30. The lowest BCUT2D eigenvalue weighted by molar-refractivity contribution is 0.0629. The van der Waals surface area contributed by atoms with Crippen LogP contribution in [0.2, 0.25) is 0 Å². The molecule has 0 saturated heterocycles. The van der Waals surface area contributed by atoms with Gasteiger partial charge >= 0.3 is 0 Å². The quantitative estimate of drug-likeness (QED) is 0.810. The van der Waals surface area contributed by atoms with Crippen molar-refractivity contribution in [1.82, 2.24) is 4.90 Å². The Balaban J connectivity index is 2.34. The molecule has 0 radical (unpaired) electrons. The van der Waals surface area contributed by atoms with Gasteiger partial charge in [0, 0.05) is 19.1 Å². The number of nitrogens with zero attached hydrogens (tertiary/aromatic N) is 1. The van der Waals surface area contributed by atoms with Gasteiger partial charge in [-0.05, 0) is 38.6 Å². The fourth-order valence-electron chi connectivity index (χ4n) is 1.69. The zero-order valence-corrected chi connectivity index (χ0v) is 11.4. The zero-order valence-electron chi connectivity index (χ0n) is 11.4. The largest absolute Gasteiger partial charge is 0.377 e. The number of hydrogen-bond donors (Lipinski definition) is 1. The van der Waals surface area contributed by atoms with Gasteiger partial charge in [-0.2, -0.15) is 0 Å². The fourth-order valence-corrected chi connectivity index (χ4v) is 1.69. The molecule has 0 bridgehead atoms. The fraction of sp³-hybridized carbons (Fsp3) is 0.571. The Labute approximate surface area is 109 Å². The molecule has 102 valence electrons. The van der Waals surface area contributed by atoms with Crippen LogP contribution >= 0.6 is 0 Å². The van der Waals surface area contributed by atoms with Gasteiger partial charge < -0.3 is 15.4 Å². The highest BCUT2D eigenvalue weighted by Gasteiger charge is 2.09. The molecule has 0 aliphatic carbocycles. The van der Waals surface area contributed by atoms with Crippen LogP contribution in [0.5, 0.6) is 0 Å². The second-order valence-corrected chi connectivity index (χ2v) is 4.84. The minimum absolute atomic E-state index is 0.102. The molecule has 1 atom stereocenters. The Bertz CT molecular complexity index is 340. The van der Waals surface area contributed by atoms with Crippen LogP contribution in [0.15, 0.2) is 24.3 Å². The van der Waals surface area contributed by atoms with Crippen LogP contribution in [0.4, 0.5) is 4.39 Å². The molecule has 0 fully saturated rings. The second-order valence-electron chi connectivity index (χ2n) is 4.84. The van der Waals surface area contributed by atoms with E-state index in [1.165, 1.54) is 12.1 Å². The molecule has 18 heavy (non-hydrogen) atoms. The van der Waals surface area contributed by atoms with E-state index in [9.17, 15) is 4.39 Å². The van der Waals surface area contributed by atoms with Crippen LogP contribution in [0.25, 0.3) is 0 Å². The van der Waals surface area contributed by atoms with Crippen molar-refractivity contribution in [3.05, 3.63) is 35.6 Å². The number of likely N-dealkylation sites (N-methyl/N-ethyl adjacent to an activating group) is 1. The highest BCUT2D eigenvalue weighted by atomic mass is 19.1. The number of rotatable bonds is 7. The van der Waals surface area contributed by atoms with Crippen molar-refractivity contribution in [3.63, 3.8) is 0 Å². The third-order valence-electron chi connectivity index (χ3n) is 2.73. The first-order chi connectivity index (χ1) is 8.49. The molecule has 0 amide bonds. The van der Waals surface area contributed by atoms with Gasteiger partial charge in [0.05, 0.1) is 12.7 Å². The highest BCUT2D eigenvalue weighted by Crippen LogP contribution is 2.12. The monoisotopic (exact) mass is 254 g/mol. The first-order valence-corrected chi connectivity index (χ1v) is 6.30. The van der Waals surface area contributed by atoms with E-state index >= 15 is 0 Å². The van der Waals surface area contributed by atoms with Gasteiger partial charge in [-0.3, -0.25) is 0 Å². The lowest BCUT2D eigenvalue weighted by Crippen LogP contribution is -2.32. The van der Waals surface area contributed by atoms with Crippen LogP contribution in [-0.4, -0.2) is 37.7 Å². The van der Waals surface area contributed by atoms with E-state index in [1.807, 2.05) is 20.9 Å². The Morgan fingerprint density at radius 2 is 1.89 bits per heavy atom. The Kier molecular flexibility index (Phi) is 6.25. The summed E-state index contributed by atoms with van der Waals surface area (Å²) in [6, 6.07) is 6.25. The van der Waals surface area contributed by atoms with E-state index in [4.69, 9.17) is 10.5 Å². The molecule has 0 aromatic heterocycles. The van der Waals surface area contributed by atoms with Gasteiger partial charge in [-0.15, -0.1) is 0 Å². The number of ether oxygens (including phenoxy) is 1. The standard InChI is InChI=1S/C14H23FN2O/c1-11(2)18-9-8-17(3)10-14(16)12-4-6-13(15)7-5-12/h4-7,11,14H,8-10,16H2,1-3H3. The van der Waals surface area contributed by atoms with E-state index in [0.717, 1.165) is 18.7 Å². The molecule has 1 aromatic rings. The molecule has 4 heteroatoms. The SMILES string of the molecule is CC(C)OCCN(C)CC(N)c1ccc(F)cc1. The maximum atomic E-state index is 12.8. The van der Waals surface area contributed by atoms with Gasteiger partial charge in [0.25, 0.3) is 0 Å². The highest BCUT2D eigenvalue weighted by molar-refractivity contribution is 5.19. The minimum atomic E-state index is -0.232. The molecule has 3 nitrogen and oxygen atoms in total. The van der Waals surface area contributed by atoms with Crippen molar-refractivity contribution in [2.24, 2.45) is 5.73 Å². The van der Waals surface area contributed by atoms with Gasteiger partial charge in [-0.25, -0.2) is 4.39 Å². The first kappa shape index (κ1) is 15.1. The number of benzene rings is 1. The smallest absolute Gasteiger partial charge is 0.123 e. The summed E-state index contributed by atoms with van der Waals surface area (Å²) in [5, 5.41) is 0. The van der Waals surface area contributed by atoms with E-state index in [1.54, 1.807) is 12.1 Å². The van der Waals surface area contributed by atoms with Crippen LogP contribution < -0.4 is 5.73 Å². The molecule has 0 saturated carbocycles. The van der Waals surface area contributed by atoms with Crippen molar-refractivity contribution >= 4 is 0 Å². The van der Waals surface area contributed by atoms with Crippen LogP contribution in [0.3, 0.4) is 0 Å². The minimum Gasteiger partial charge on any atom is -0.377 e. The van der Waals surface area contributed by atoms with Crippen molar-refractivity contribution in [2.75, 3.05) is 26.7 Å².